The lowest BCUT2D eigenvalue weighted by Gasteiger charge is -2.38. The number of hydrogen-bond acceptors (Lipinski definition) is 2. The van der Waals surface area contributed by atoms with Crippen LogP contribution in [0.2, 0.25) is 0 Å². The number of carbonyl (C=O) groups is 1. The van der Waals surface area contributed by atoms with Crippen LogP contribution >= 0.6 is 0 Å². The molecule has 0 aromatic heterocycles. The van der Waals surface area contributed by atoms with Crippen LogP contribution in [0.15, 0.2) is 65.8 Å². The highest BCUT2D eigenvalue weighted by Gasteiger charge is 2.40. The lowest BCUT2D eigenvalue weighted by molar-refractivity contribution is -0.139. The van der Waals surface area contributed by atoms with Crippen molar-refractivity contribution in [3.8, 4) is 0 Å². The molecule has 0 saturated heterocycles. The van der Waals surface area contributed by atoms with Crippen LogP contribution in [0.25, 0.3) is 0 Å². The quantitative estimate of drug-likeness (QED) is 0.833. The van der Waals surface area contributed by atoms with Crippen molar-refractivity contribution in [2.45, 2.75) is 32.2 Å². The van der Waals surface area contributed by atoms with E-state index in [1.165, 1.54) is 6.42 Å². The molecule has 1 heterocycles. The molecule has 2 aromatic rings. The van der Waals surface area contributed by atoms with Gasteiger partial charge in [0.1, 0.15) is 0 Å². The Hall–Kier alpha value is -2.42. The molecule has 2 aromatic carbocycles. The molecule has 0 bridgehead atoms. The maximum Gasteiger partial charge on any atom is 0.246 e. The van der Waals surface area contributed by atoms with Gasteiger partial charge in [0.2, 0.25) is 5.91 Å². The summed E-state index contributed by atoms with van der Waals surface area (Å²) in [5.41, 5.74) is 3.37. The molecule has 0 radical (unpaired) electrons. The van der Waals surface area contributed by atoms with Gasteiger partial charge in [0.15, 0.2) is 0 Å². The van der Waals surface area contributed by atoms with E-state index < -0.39 is 0 Å². The van der Waals surface area contributed by atoms with Crippen LogP contribution in [0.4, 0.5) is 0 Å². The van der Waals surface area contributed by atoms with Crippen molar-refractivity contribution in [1.29, 1.82) is 0 Å². The maximum atomic E-state index is 13.0. The fourth-order valence-corrected chi connectivity index (χ4v) is 3.95. The molecule has 1 saturated carbocycles. The molecule has 1 amide bonds. The average molecular weight is 318 g/mol. The molecule has 24 heavy (non-hydrogen) atoms. The first-order chi connectivity index (χ1) is 11.8. The zero-order chi connectivity index (χ0) is 16.4. The van der Waals surface area contributed by atoms with Crippen LogP contribution in [0, 0.1) is 11.8 Å². The highest BCUT2D eigenvalue weighted by atomic mass is 16.2. The molecule has 0 N–H and O–H groups in total. The summed E-state index contributed by atoms with van der Waals surface area (Å²) in [6, 6.07) is 20.5. The fourth-order valence-electron chi connectivity index (χ4n) is 3.95. The molecule has 1 aliphatic heterocycles. The highest BCUT2D eigenvalue weighted by Crippen LogP contribution is 2.37. The highest BCUT2D eigenvalue weighted by molar-refractivity contribution is 6.06. The number of nitrogens with zero attached hydrogens (tertiary/aromatic N) is 2. The summed E-state index contributed by atoms with van der Waals surface area (Å²) in [5, 5.41) is 6.51. The van der Waals surface area contributed by atoms with Crippen molar-refractivity contribution in [1.82, 2.24) is 5.01 Å². The van der Waals surface area contributed by atoms with Crippen molar-refractivity contribution in [3.05, 3.63) is 71.8 Å². The summed E-state index contributed by atoms with van der Waals surface area (Å²) in [4.78, 5) is 13.0. The van der Waals surface area contributed by atoms with E-state index in [0.29, 0.717) is 6.54 Å². The van der Waals surface area contributed by atoms with E-state index in [9.17, 15) is 4.79 Å². The van der Waals surface area contributed by atoms with E-state index in [1.54, 1.807) is 5.01 Å². The zero-order valence-corrected chi connectivity index (χ0v) is 13.8. The van der Waals surface area contributed by atoms with Crippen molar-refractivity contribution in [3.63, 3.8) is 0 Å². The second-order valence-electron chi connectivity index (χ2n) is 6.73. The van der Waals surface area contributed by atoms with Gasteiger partial charge in [-0.15, -0.1) is 0 Å². The summed E-state index contributed by atoms with van der Waals surface area (Å²) in [5.74, 6) is 0.569. The molecular weight excluding hydrogens is 296 g/mol. The average Bonchev–Trinajstić information content (AvgIpc) is 2.66. The summed E-state index contributed by atoms with van der Waals surface area (Å²) in [6.45, 7) is 0.555. The lowest BCUT2D eigenvalue weighted by Crippen LogP contribution is -2.45. The molecule has 3 nitrogen and oxygen atoms in total. The third-order valence-corrected chi connectivity index (χ3v) is 5.16. The third kappa shape index (κ3) is 2.86. The Morgan fingerprint density at radius 2 is 1.50 bits per heavy atom. The van der Waals surface area contributed by atoms with Gasteiger partial charge in [-0.25, -0.2) is 5.01 Å². The van der Waals surface area contributed by atoms with Crippen LogP contribution < -0.4 is 0 Å². The van der Waals surface area contributed by atoms with E-state index in [0.717, 1.165) is 36.1 Å². The van der Waals surface area contributed by atoms with Gasteiger partial charge < -0.3 is 0 Å². The minimum atomic E-state index is 0.0927. The molecule has 4 rings (SSSR count). The lowest BCUT2D eigenvalue weighted by atomic mass is 9.73. The first-order valence-electron chi connectivity index (χ1n) is 8.82. The standard InChI is InChI=1S/C21H22N2O/c24-21-19-14-8-7-13-18(19)20(17-11-5-2-6-12-17)22-23(21)15-16-9-3-1-4-10-16/h1-6,9-12,18-19H,7-8,13-15H2. The molecule has 0 spiro atoms. The molecule has 1 fully saturated rings. The Labute approximate surface area is 143 Å². The Bertz CT molecular complexity index is 739. The molecule has 122 valence electrons. The fraction of sp³-hybridized carbons (Fsp3) is 0.333. The van der Waals surface area contributed by atoms with Crippen LogP contribution in [0.5, 0.6) is 0 Å². The van der Waals surface area contributed by atoms with E-state index in [-0.39, 0.29) is 17.7 Å². The van der Waals surface area contributed by atoms with Crippen LogP contribution in [-0.4, -0.2) is 16.6 Å². The minimum Gasteiger partial charge on any atom is -0.273 e. The summed E-state index contributed by atoms with van der Waals surface area (Å²) in [7, 11) is 0. The van der Waals surface area contributed by atoms with Gasteiger partial charge in [0.25, 0.3) is 0 Å². The SMILES string of the molecule is O=C1C2CCCCC2C(c2ccccc2)=NN1Cc1ccccc1. The number of benzene rings is 2. The largest absolute Gasteiger partial charge is 0.273 e. The van der Waals surface area contributed by atoms with E-state index in [2.05, 4.69) is 24.3 Å². The number of rotatable bonds is 3. The van der Waals surface area contributed by atoms with Crippen LogP contribution in [0.1, 0.15) is 36.8 Å². The first kappa shape index (κ1) is 15.1. The van der Waals surface area contributed by atoms with Crippen molar-refractivity contribution in [2.24, 2.45) is 16.9 Å². The second-order valence-corrected chi connectivity index (χ2v) is 6.73. The minimum absolute atomic E-state index is 0.0927. The normalized spacial score (nSPS) is 23.6. The Kier molecular flexibility index (Phi) is 4.16. The number of amides is 1. The predicted molar refractivity (Wildman–Crippen MR) is 95.4 cm³/mol. The van der Waals surface area contributed by atoms with Crippen LogP contribution in [0.3, 0.4) is 0 Å². The smallest absolute Gasteiger partial charge is 0.246 e. The topological polar surface area (TPSA) is 32.7 Å². The molecule has 2 unspecified atom stereocenters. The van der Waals surface area contributed by atoms with Gasteiger partial charge in [-0.05, 0) is 24.0 Å². The third-order valence-electron chi connectivity index (χ3n) is 5.16. The van der Waals surface area contributed by atoms with Gasteiger partial charge >= 0.3 is 0 Å². The number of hydrazone groups is 1. The van der Waals surface area contributed by atoms with Gasteiger partial charge in [-0.1, -0.05) is 73.5 Å². The summed E-state index contributed by atoms with van der Waals surface area (Å²) < 4.78 is 0. The van der Waals surface area contributed by atoms with Gasteiger partial charge in [-0.2, -0.15) is 5.10 Å². The molecule has 2 aliphatic rings. The maximum absolute atomic E-state index is 13.0. The Morgan fingerprint density at radius 3 is 2.21 bits per heavy atom. The van der Waals surface area contributed by atoms with Gasteiger partial charge in [0.05, 0.1) is 12.3 Å². The molecular formula is C21H22N2O. The summed E-state index contributed by atoms with van der Waals surface area (Å²) in [6.07, 6.45) is 4.40. The van der Waals surface area contributed by atoms with Crippen molar-refractivity contribution < 1.29 is 4.79 Å². The van der Waals surface area contributed by atoms with Crippen molar-refractivity contribution >= 4 is 11.6 Å². The van der Waals surface area contributed by atoms with E-state index in [4.69, 9.17) is 5.10 Å². The van der Waals surface area contributed by atoms with Crippen LogP contribution in [-0.2, 0) is 11.3 Å². The monoisotopic (exact) mass is 318 g/mol. The zero-order valence-electron chi connectivity index (χ0n) is 13.8. The van der Waals surface area contributed by atoms with Crippen molar-refractivity contribution in [2.75, 3.05) is 0 Å². The Balaban J connectivity index is 1.71. The molecule has 3 heteroatoms. The number of carbonyl (C=O) groups excluding carboxylic acids is 1. The predicted octanol–water partition coefficient (Wildman–Crippen LogP) is 4.24. The summed E-state index contributed by atoms with van der Waals surface area (Å²) >= 11 is 0. The first-order valence-corrected chi connectivity index (χ1v) is 8.82. The van der Waals surface area contributed by atoms with E-state index >= 15 is 0 Å². The van der Waals surface area contributed by atoms with Gasteiger partial charge in [-0.3, -0.25) is 4.79 Å². The van der Waals surface area contributed by atoms with E-state index in [1.807, 2.05) is 36.4 Å². The molecule has 1 aliphatic carbocycles. The molecule has 2 atom stereocenters. The van der Waals surface area contributed by atoms with Gasteiger partial charge in [0, 0.05) is 11.8 Å². The Morgan fingerprint density at radius 1 is 0.875 bits per heavy atom. The number of fused-ring (bicyclic) bond motifs is 1. The second kappa shape index (κ2) is 6.60. The number of hydrogen-bond donors (Lipinski definition) is 0.